The van der Waals surface area contributed by atoms with Crippen molar-refractivity contribution < 1.29 is 26.3 Å². The summed E-state index contributed by atoms with van der Waals surface area (Å²) >= 11 is 0. The summed E-state index contributed by atoms with van der Waals surface area (Å²) in [5.41, 5.74) is 6.55. The van der Waals surface area contributed by atoms with E-state index >= 15 is 0 Å². The second-order valence-corrected chi connectivity index (χ2v) is 7.97. The average Bonchev–Trinajstić information content (AvgIpc) is 2.28. The lowest BCUT2D eigenvalue weighted by Gasteiger charge is -2.29. The van der Waals surface area contributed by atoms with Gasteiger partial charge in [0, 0.05) is 12.3 Å². The second kappa shape index (κ2) is 5.84. The Bertz CT molecular complexity index is 580. The number of halogens is 3. The van der Waals surface area contributed by atoms with Gasteiger partial charge in [0.1, 0.15) is 5.75 Å². The third kappa shape index (κ3) is 4.89. The molecule has 0 bridgehead atoms. The Morgan fingerprint density at radius 2 is 1.67 bits per heavy atom. The fourth-order valence-corrected chi connectivity index (χ4v) is 2.24. The van der Waals surface area contributed by atoms with E-state index in [-0.39, 0.29) is 12.2 Å². The largest absolute Gasteiger partial charge is 0.573 e. The summed E-state index contributed by atoms with van der Waals surface area (Å²) in [5.74, 6) is -0.331. The Labute approximate surface area is 122 Å². The van der Waals surface area contributed by atoms with E-state index in [0.29, 0.717) is 5.56 Å². The van der Waals surface area contributed by atoms with Gasteiger partial charge in [-0.15, -0.1) is 13.2 Å². The molecule has 0 aliphatic carbocycles. The lowest BCUT2D eigenvalue weighted by Crippen LogP contribution is -2.49. The molecule has 0 radical (unpaired) electrons. The van der Waals surface area contributed by atoms with E-state index in [0.717, 1.165) is 6.26 Å². The minimum atomic E-state index is -4.74. The molecule has 0 spiro atoms. The predicted octanol–water partition coefficient (Wildman–Crippen LogP) is 2.28. The van der Waals surface area contributed by atoms with Gasteiger partial charge in [-0.05, 0) is 38.0 Å². The molecule has 8 heteroatoms. The smallest absolute Gasteiger partial charge is 0.406 e. The minimum absolute atomic E-state index is 0.229. The number of benzene rings is 1. The summed E-state index contributed by atoms with van der Waals surface area (Å²) in [7, 11) is -3.35. The van der Waals surface area contributed by atoms with Gasteiger partial charge in [0.2, 0.25) is 0 Å². The van der Waals surface area contributed by atoms with E-state index in [1.54, 1.807) is 0 Å². The number of nitrogens with two attached hydrogens (primary N) is 1. The Balaban J connectivity index is 2.81. The van der Waals surface area contributed by atoms with E-state index in [1.165, 1.54) is 38.1 Å². The van der Waals surface area contributed by atoms with Gasteiger partial charge >= 0.3 is 6.36 Å². The molecule has 1 aromatic rings. The van der Waals surface area contributed by atoms with Crippen LogP contribution in [0.1, 0.15) is 19.4 Å². The Hall–Kier alpha value is -1.28. The highest BCUT2D eigenvalue weighted by molar-refractivity contribution is 7.92. The van der Waals surface area contributed by atoms with E-state index in [1.807, 2.05) is 0 Å². The van der Waals surface area contributed by atoms with Crippen LogP contribution in [-0.4, -0.2) is 31.8 Å². The molecule has 0 aliphatic heterocycles. The molecular weight excluding hydrogens is 307 g/mol. The molecule has 1 aromatic carbocycles. The fourth-order valence-electron chi connectivity index (χ4n) is 1.60. The van der Waals surface area contributed by atoms with Crippen LogP contribution in [0.15, 0.2) is 24.3 Å². The molecule has 0 amide bonds. The first kappa shape index (κ1) is 17.8. The molecule has 0 aliphatic rings. The summed E-state index contributed by atoms with van der Waals surface area (Å²) in [6.45, 7) is 3.04. The van der Waals surface area contributed by atoms with Crippen LogP contribution in [-0.2, 0) is 16.3 Å². The topological polar surface area (TPSA) is 69.4 Å². The zero-order chi connectivity index (χ0) is 16.5. The van der Waals surface area contributed by atoms with Crippen molar-refractivity contribution in [3.63, 3.8) is 0 Å². The molecule has 1 rings (SSSR count). The van der Waals surface area contributed by atoms with Gasteiger partial charge in [-0.1, -0.05) is 12.1 Å². The van der Waals surface area contributed by atoms with Crippen LogP contribution in [0, 0.1) is 0 Å². The third-order valence-electron chi connectivity index (χ3n) is 3.46. The minimum Gasteiger partial charge on any atom is -0.406 e. The maximum Gasteiger partial charge on any atom is 0.573 e. The monoisotopic (exact) mass is 325 g/mol. The van der Waals surface area contributed by atoms with Gasteiger partial charge in [-0.2, -0.15) is 0 Å². The van der Waals surface area contributed by atoms with E-state index < -0.39 is 27.0 Å². The molecule has 0 heterocycles. The molecule has 120 valence electrons. The summed E-state index contributed by atoms with van der Waals surface area (Å²) in [6, 6.07) is 4.52. The number of rotatable bonds is 5. The van der Waals surface area contributed by atoms with Crippen LogP contribution in [0.25, 0.3) is 0 Å². The van der Waals surface area contributed by atoms with Gasteiger partial charge in [-0.3, -0.25) is 0 Å². The van der Waals surface area contributed by atoms with Gasteiger partial charge in [0.15, 0.2) is 9.84 Å². The first-order valence-corrected chi connectivity index (χ1v) is 8.02. The molecule has 2 N–H and O–H groups in total. The molecule has 0 saturated heterocycles. The third-order valence-corrected chi connectivity index (χ3v) is 5.68. The van der Waals surface area contributed by atoms with Gasteiger partial charge in [-0.25, -0.2) is 8.42 Å². The molecular formula is C13H18F3NO3S. The molecule has 0 aromatic heterocycles. The van der Waals surface area contributed by atoms with Crippen molar-refractivity contribution >= 4 is 9.84 Å². The lowest BCUT2D eigenvalue weighted by molar-refractivity contribution is -0.274. The zero-order valence-corrected chi connectivity index (χ0v) is 12.8. The number of alkyl halides is 3. The number of hydrogen-bond donors (Lipinski definition) is 1. The molecule has 1 unspecified atom stereocenters. The van der Waals surface area contributed by atoms with Crippen molar-refractivity contribution in [2.24, 2.45) is 5.73 Å². The zero-order valence-electron chi connectivity index (χ0n) is 11.9. The number of hydrogen-bond acceptors (Lipinski definition) is 4. The van der Waals surface area contributed by atoms with Crippen molar-refractivity contribution in [2.75, 3.05) is 6.26 Å². The SMILES string of the molecule is CC(C)(C(N)Cc1ccc(OC(F)(F)F)cc1)S(C)(=O)=O. The van der Waals surface area contributed by atoms with Crippen LogP contribution >= 0.6 is 0 Å². The quantitative estimate of drug-likeness (QED) is 0.902. The predicted molar refractivity (Wildman–Crippen MR) is 73.7 cm³/mol. The summed E-state index contributed by atoms with van der Waals surface area (Å²) in [4.78, 5) is 0. The average molecular weight is 325 g/mol. The summed E-state index contributed by atoms with van der Waals surface area (Å²) in [6.07, 6.45) is -3.41. The highest BCUT2D eigenvalue weighted by Crippen LogP contribution is 2.25. The molecule has 4 nitrogen and oxygen atoms in total. The van der Waals surface area contributed by atoms with Crippen LogP contribution in [0.3, 0.4) is 0 Å². The molecule has 21 heavy (non-hydrogen) atoms. The highest BCUT2D eigenvalue weighted by Gasteiger charge is 2.36. The van der Waals surface area contributed by atoms with Crippen molar-refractivity contribution in [1.82, 2.24) is 0 Å². The standard InChI is InChI=1S/C13H18F3NO3S/c1-12(2,21(3,18)19)11(17)8-9-4-6-10(7-5-9)20-13(14,15)16/h4-7,11H,8,17H2,1-3H3. The van der Waals surface area contributed by atoms with Crippen LogP contribution in [0.4, 0.5) is 13.2 Å². The van der Waals surface area contributed by atoms with Gasteiger partial charge in [0.05, 0.1) is 4.75 Å². The van der Waals surface area contributed by atoms with E-state index in [2.05, 4.69) is 4.74 Å². The first-order chi connectivity index (χ1) is 9.33. The summed E-state index contributed by atoms with van der Waals surface area (Å²) < 4.78 is 62.1. The van der Waals surface area contributed by atoms with E-state index in [9.17, 15) is 21.6 Å². The summed E-state index contributed by atoms with van der Waals surface area (Å²) in [5, 5.41) is 0. The van der Waals surface area contributed by atoms with Gasteiger partial charge in [0.25, 0.3) is 0 Å². The van der Waals surface area contributed by atoms with Crippen molar-refractivity contribution in [3.8, 4) is 5.75 Å². The maximum atomic E-state index is 12.0. The molecule has 1 atom stereocenters. The van der Waals surface area contributed by atoms with Crippen molar-refractivity contribution in [3.05, 3.63) is 29.8 Å². The maximum absolute atomic E-state index is 12.0. The Morgan fingerprint density at radius 1 is 1.19 bits per heavy atom. The van der Waals surface area contributed by atoms with Crippen LogP contribution in [0.2, 0.25) is 0 Å². The number of ether oxygens (including phenoxy) is 1. The Kier molecular flexibility index (Phi) is 4.94. The highest BCUT2D eigenvalue weighted by atomic mass is 32.2. The normalized spacial score (nSPS) is 14.8. The van der Waals surface area contributed by atoms with Crippen molar-refractivity contribution in [2.45, 2.75) is 37.4 Å². The Morgan fingerprint density at radius 3 is 2.05 bits per heavy atom. The molecule has 0 saturated carbocycles. The first-order valence-electron chi connectivity index (χ1n) is 6.13. The van der Waals surface area contributed by atoms with Crippen LogP contribution in [0.5, 0.6) is 5.75 Å². The molecule has 0 fully saturated rings. The second-order valence-electron chi connectivity index (χ2n) is 5.38. The lowest BCUT2D eigenvalue weighted by atomic mass is 9.96. The fraction of sp³-hybridized carbons (Fsp3) is 0.538. The van der Waals surface area contributed by atoms with Gasteiger partial charge < -0.3 is 10.5 Å². The van der Waals surface area contributed by atoms with Crippen LogP contribution < -0.4 is 10.5 Å². The van der Waals surface area contributed by atoms with Crippen molar-refractivity contribution in [1.29, 1.82) is 0 Å². The number of sulfone groups is 1. The van der Waals surface area contributed by atoms with E-state index in [4.69, 9.17) is 5.73 Å².